The van der Waals surface area contributed by atoms with Crippen LogP contribution in [0.25, 0.3) is 11.0 Å². The van der Waals surface area contributed by atoms with E-state index in [1.54, 1.807) is 29.4 Å². The number of benzene rings is 1. The number of imidazole rings is 1. The van der Waals surface area contributed by atoms with Gasteiger partial charge in [0.25, 0.3) is 0 Å². The number of likely N-dealkylation sites (N-methyl/N-ethyl adjacent to an activating group) is 1. The van der Waals surface area contributed by atoms with Crippen molar-refractivity contribution in [2.75, 3.05) is 13.6 Å². The fourth-order valence-corrected chi connectivity index (χ4v) is 3.20. The number of halogens is 2. The summed E-state index contributed by atoms with van der Waals surface area (Å²) >= 11 is 12.3. The van der Waals surface area contributed by atoms with Crippen LogP contribution < -0.4 is 0 Å². The molecule has 1 aromatic carbocycles. The van der Waals surface area contributed by atoms with Crippen molar-refractivity contribution in [3.05, 3.63) is 58.1 Å². The van der Waals surface area contributed by atoms with Crippen LogP contribution in [0.5, 0.6) is 0 Å². The van der Waals surface area contributed by atoms with Crippen LogP contribution in [-0.4, -0.2) is 38.9 Å². The number of aromatic nitrogens is 3. The molecular formula is C19H20Cl2N4O. The van der Waals surface area contributed by atoms with E-state index < -0.39 is 0 Å². The number of hydrogen-bond donors (Lipinski definition) is 0. The number of pyridine rings is 1. The zero-order valence-electron chi connectivity index (χ0n) is 14.7. The van der Waals surface area contributed by atoms with Crippen molar-refractivity contribution >= 4 is 40.1 Å². The summed E-state index contributed by atoms with van der Waals surface area (Å²) in [4.78, 5) is 23.2. The molecule has 0 radical (unpaired) electrons. The maximum Gasteiger partial charge on any atom is 0.242 e. The van der Waals surface area contributed by atoms with E-state index in [1.807, 2.05) is 30.7 Å². The van der Waals surface area contributed by atoms with Gasteiger partial charge in [0.05, 0.1) is 21.1 Å². The molecule has 0 N–H and O–H groups in total. The summed E-state index contributed by atoms with van der Waals surface area (Å²) in [7, 11) is 1.82. The highest BCUT2D eigenvalue weighted by Crippen LogP contribution is 2.29. The molecule has 0 aliphatic rings. The summed E-state index contributed by atoms with van der Waals surface area (Å²) in [5.74, 6) is 0.814. The van der Waals surface area contributed by atoms with Crippen LogP contribution in [0.15, 0.2) is 36.7 Å². The number of rotatable bonds is 6. The van der Waals surface area contributed by atoms with Gasteiger partial charge in [-0.05, 0) is 30.2 Å². The van der Waals surface area contributed by atoms with Crippen LogP contribution >= 0.6 is 23.2 Å². The minimum Gasteiger partial charge on any atom is -0.344 e. The van der Waals surface area contributed by atoms with Gasteiger partial charge in [0, 0.05) is 32.4 Å². The lowest BCUT2D eigenvalue weighted by atomic mass is 10.2. The van der Waals surface area contributed by atoms with Crippen LogP contribution in [0, 0.1) is 0 Å². The number of fused-ring (bicyclic) bond motifs is 1. The van der Waals surface area contributed by atoms with Crippen LogP contribution in [0.1, 0.15) is 24.7 Å². The van der Waals surface area contributed by atoms with Gasteiger partial charge in [0.15, 0.2) is 0 Å². The molecule has 0 atom stereocenters. The molecule has 3 aromatic rings. The Morgan fingerprint density at radius 2 is 2.04 bits per heavy atom. The molecule has 0 bridgehead atoms. The SMILES string of the molecule is CCCN(C)C(=O)Cn1c(Cc2cccnc2)nc2cc(Cl)c(Cl)cc21. The van der Waals surface area contributed by atoms with Gasteiger partial charge in [-0.1, -0.05) is 36.2 Å². The van der Waals surface area contributed by atoms with E-state index in [0.29, 0.717) is 16.5 Å². The van der Waals surface area contributed by atoms with Crippen molar-refractivity contribution in [3.63, 3.8) is 0 Å². The average molecular weight is 391 g/mol. The Morgan fingerprint density at radius 1 is 1.27 bits per heavy atom. The summed E-state index contributed by atoms with van der Waals surface area (Å²) in [6.45, 7) is 2.97. The average Bonchev–Trinajstić information content (AvgIpc) is 2.93. The third-order valence-corrected chi connectivity index (χ3v) is 4.95. The smallest absolute Gasteiger partial charge is 0.242 e. The van der Waals surface area contributed by atoms with E-state index in [2.05, 4.69) is 9.97 Å². The van der Waals surface area contributed by atoms with E-state index in [-0.39, 0.29) is 12.5 Å². The maximum atomic E-state index is 12.6. The Labute approximate surface area is 162 Å². The highest BCUT2D eigenvalue weighted by atomic mass is 35.5. The molecule has 136 valence electrons. The van der Waals surface area contributed by atoms with Crippen LogP contribution in [0.2, 0.25) is 10.0 Å². The Kier molecular flexibility index (Phi) is 5.79. The van der Waals surface area contributed by atoms with Gasteiger partial charge in [-0.25, -0.2) is 4.98 Å². The summed E-state index contributed by atoms with van der Waals surface area (Å²) in [5.41, 5.74) is 2.55. The van der Waals surface area contributed by atoms with Crippen molar-refractivity contribution in [3.8, 4) is 0 Å². The van der Waals surface area contributed by atoms with Gasteiger partial charge < -0.3 is 9.47 Å². The molecule has 5 nitrogen and oxygen atoms in total. The summed E-state index contributed by atoms with van der Waals surface area (Å²) in [5, 5.41) is 0.897. The van der Waals surface area contributed by atoms with Crippen molar-refractivity contribution in [2.24, 2.45) is 0 Å². The molecule has 0 aliphatic carbocycles. The Morgan fingerprint density at radius 3 is 2.73 bits per heavy atom. The van der Waals surface area contributed by atoms with Crippen molar-refractivity contribution in [1.29, 1.82) is 0 Å². The quantitative estimate of drug-likeness (QED) is 0.633. The van der Waals surface area contributed by atoms with Gasteiger partial charge in [0.2, 0.25) is 5.91 Å². The van der Waals surface area contributed by atoms with Crippen molar-refractivity contribution in [1.82, 2.24) is 19.4 Å². The van der Waals surface area contributed by atoms with Gasteiger partial charge in [-0.2, -0.15) is 0 Å². The highest BCUT2D eigenvalue weighted by molar-refractivity contribution is 6.42. The van der Waals surface area contributed by atoms with Crippen molar-refractivity contribution in [2.45, 2.75) is 26.3 Å². The van der Waals surface area contributed by atoms with E-state index in [1.165, 1.54) is 0 Å². The van der Waals surface area contributed by atoms with E-state index in [9.17, 15) is 4.79 Å². The van der Waals surface area contributed by atoms with E-state index in [4.69, 9.17) is 23.2 Å². The molecule has 2 aromatic heterocycles. The molecule has 3 rings (SSSR count). The van der Waals surface area contributed by atoms with Gasteiger partial charge >= 0.3 is 0 Å². The van der Waals surface area contributed by atoms with Crippen molar-refractivity contribution < 1.29 is 4.79 Å². The van der Waals surface area contributed by atoms with E-state index >= 15 is 0 Å². The second-order valence-corrected chi connectivity index (χ2v) is 7.04. The third-order valence-electron chi connectivity index (χ3n) is 4.23. The molecule has 0 saturated heterocycles. The molecular weight excluding hydrogens is 371 g/mol. The highest BCUT2D eigenvalue weighted by Gasteiger charge is 2.17. The molecule has 0 unspecified atom stereocenters. The largest absolute Gasteiger partial charge is 0.344 e. The zero-order valence-corrected chi connectivity index (χ0v) is 16.3. The first-order chi connectivity index (χ1) is 12.5. The summed E-state index contributed by atoms with van der Waals surface area (Å²) < 4.78 is 1.92. The minimum atomic E-state index is 0.0321. The number of carbonyl (C=O) groups is 1. The molecule has 0 aliphatic heterocycles. The Hall–Kier alpha value is -2.11. The normalized spacial score (nSPS) is 11.1. The topological polar surface area (TPSA) is 51.0 Å². The first-order valence-corrected chi connectivity index (χ1v) is 9.22. The molecule has 1 amide bonds. The monoisotopic (exact) mass is 390 g/mol. The number of amides is 1. The molecule has 0 fully saturated rings. The first kappa shape index (κ1) is 18.7. The molecule has 0 saturated carbocycles. The lowest BCUT2D eigenvalue weighted by Crippen LogP contribution is -2.31. The lowest BCUT2D eigenvalue weighted by molar-refractivity contribution is -0.130. The molecule has 7 heteroatoms. The fraction of sp³-hybridized carbons (Fsp3) is 0.316. The standard InChI is InChI=1S/C19H20Cl2N4O/c1-3-7-24(2)19(26)12-25-17-10-15(21)14(20)9-16(17)23-18(25)8-13-5-4-6-22-11-13/h4-6,9-11H,3,7-8,12H2,1-2H3. The second kappa shape index (κ2) is 8.06. The molecule has 2 heterocycles. The number of nitrogens with zero attached hydrogens (tertiary/aromatic N) is 4. The molecule has 0 spiro atoms. The lowest BCUT2D eigenvalue weighted by Gasteiger charge is -2.18. The molecule has 26 heavy (non-hydrogen) atoms. The number of hydrogen-bond acceptors (Lipinski definition) is 3. The van der Waals surface area contributed by atoms with Crippen LogP contribution in [-0.2, 0) is 17.8 Å². The minimum absolute atomic E-state index is 0.0321. The van der Waals surface area contributed by atoms with Gasteiger partial charge in [0.1, 0.15) is 12.4 Å². The van der Waals surface area contributed by atoms with Crippen LogP contribution in [0.4, 0.5) is 0 Å². The van der Waals surface area contributed by atoms with Gasteiger partial charge in [-0.3, -0.25) is 9.78 Å². The maximum absolute atomic E-state index is 12.6. The Bertz CT molecular complexity index is 924. The third kappa shape index (κ3) is 4.00. The van der Waals surface area contributed by atoms with E-state index in [0.717, 1.165) is 35.4 Å². The predicted octanol–water partition coefficient (Wildman–Crippen LogP) is 4.20. The second-order valence-electron chi connectivity index (χ2n) is 6.22. The zero-order chi connectivity index (χ0) is 18.7. The predicted molar refractivity (Wildman–Crippen MR) is 105 cm³/mol. The summed E-state index contributed by atoms with van der Waals surface area (Å²) in [6.07, 6.45) is 5.02. The Balaban J connectivity index is 2.03. The van der Waals surface area contributed by atoms with Crippen LogP contribution in [0.3, 0.4) is 0 Å². The first-order valence-electron chi connectivity index (χ1n) is 8.46. The fourth-order valence-electron chi connectivity index (χ4n) is 2.88. The summed E-state index contributed by atoms with van der Waals surface area (Å²) in [6, 6.07) is 7.38. The van der Waals surface area contributed by atoms with Gasteiger partial charge in [-0.15, -0.1) is 0 Å². The number of carbonyl (C=O) groups excluding carboxylic acids is 1.